The fourth-order valence-corrected chi connectivity index (χ4v) is 5.90. The van der Waals surface area contributed by atoms with Crippen molar-refractivity contribution in [1.82, 2.24) is 20.2 Å². The molecule has 0 saturated heterocycles. The van der Waals surface area contributed by atoms with Crippen LogP contribution in [0.2, 0.25) is 0 Å². The van der Waals surface area contributed by atoms with Crippen LogP contribution >= 0.6 is 0 Å². The quantitative estimate of drug-likeness (QED) is 0.272. The summed E-state index contributed by atoms with van der Waals surface area (Å²) in [4.78, 5) is 30.2. The van der Waals surface area contributed by atoms with E-state index < -0.39 is 29.9 Å². The number of carbonyl (C=O) groups is 2. The van der Waals surface area contributed by atoms with Crippen molar-refractivity contribution in [3.8, 4) is 16.9 Å². The van der Waals surface area contributed by atoms with E-state index in [9.17, 15) is 18.4 Å². The lowest BCUT2D eigenvalue weighted by Crippen LogP contribution is -2.43. The monoisotopic (exact) mass is 574 g/mol. The molecular formula is C32H32F2N4O4. The molecule has 1 aromatic heterocycles. The largest absolute Gasteiger partial charge is 0.444 e. The number of rotatable bonds is 5. The van der Waals surface area contributed by atoms with Crippen molar-refractivity contribution in [1.29, 1.82) is 0 Å². The van der Waals surface area contributed by atoms with E-state index in [2.05, 4.69) is 10.6 Å². The molecule has 0 aliphatic carbocycles. The van der Waals surface area contributed by atoms with Crippen LogP contribution in [-0.2, 0) is 10.3 Å². The Morgan fingerprint density at radius 2 is 1.76 bits per heavy atom. The van der Waals surface area contributed by atoms with Gasteiger partial charge in [-0.1, -0.05) is 36.4 Å². The number of hydrogen-bond donors (Lipinski definition) is 2. The summed E-state index contributed by atoms with van der Waals surface area (Å²) < 4.78 is 39.0. The molecule has 0 radical (unpaired) electrons. The van der Waals surface area contributed by atoms with E-state index in [4.69, 9.17) is 14.5 Å². The van der Waals surface area contributed by atoms with E-state index in [1.165, 1.54) is 6.07 Å². The molecule has 10 heteroatoms. The van der Waals surface area contributed by atoms with Crippen molar-refractivity contribution in [3.05, 3.63) is 83.2 Å². The average molecular weight is 575 g/mol. The van der Waals surface area contributed by atoms with Gasteiger partial charge in [-0.2, -0.15) is 8.78 Å². The van der Waals surface area contributed by atoms with Crippen LogP contribution in [0.5, 0.6) is 5.75 Å². The lowest BCUT2D eigenvalue weighted by atomic mass is 9.92. The standard InChI is InChI=1S/C32H32F2N4O4/c1-31(2,3)42-30(40)37-32(4,5)19-12-9-17(10-13-19)18-11-14-21-23(15-18)38-24-16-22(27(38)35-21)36-28(39)20-7-6-8-25(26(20)24)41-29(33)34/h6-15,22,24,29H,16H2,1-5H3,(H,36,39)(H,37,40)/t22-,24-/m1/s1. The van der Waals surface area contributed by atoms with Crippen molar-refractivity contribution >= 4 is 23.0 Å². The first-order valence-electron chi connectivity index (χ1n) is 13.8. The van der Waals surface area contributed by atoms with Crippen molar-refractivity contribution < 1.29 is 27.8 Å². The highest BCUT2D eigenvalue weighted by Gasteiger charge is 2.42. The van der Waals surface area contributed by atoms with Crippen LogP contribution in [-0.4, -0.2) is 33.8 Å². The van der Waals surface area contributed by atoms with Crippen LogP contribution in [0.3, 0.4) is 0 Å². The minimum absolute atomic E-state index is 0.00708. The van der Waals surface area contributed by atoms with Crippen molar-refractivity contribution in [2.75, 3.05) is 0 Å². The summed E-state index contributed by atoms with van der Waals surface area (Å²) in [5.74, 6) is 0.344. The molecule has 3 aromatic carbocycles. The highest BCUT2D eigenvalue weighted by Crippen LogP contribution is 2.47. The molecule has 0 saturated carbocycles. The van der Waals surface area contributed by atoms with E-state index in [0.717, 1.165) is 27.7 Å². The molecule has 218 valence electrons. The van der Waals surface area contributed by atoms with Gasteiger partial charge in [-0.3, -0.25) is 4.79 Å². The predicted octanol–water partition coefficient (Wildman–Crippen LogP) is 6.84. The van der Waals surface area contributed by atoms with E-state index in [1.54, 1.807) is 12.1 Å². The molecule has 2 amide bonds. The summed E-state index contributed by atoms with van der Waals surface area (Å²) in [7, 11) is 0. The maximum Gasteiger partial charge on any atom is 0.408 e. The normalized spacial score (nSPS) is 17.9. The molecule has 2 aliphatic heterocycles. The van der Waals surface area contributed by atoms with Crippen LogP contribution in [0.4, 0.5) is 13.6 Å². The topological polar surface area (TPSA) is 94.5 Å². The average Bonchev–Trinajstić information content (AvgIpc) is 3.39. The number of imidazole rings is 1. The zero-order valence-corrected chi connectivity index (χ0v) is 24.0. The summed E-state index contributed by atoms with van der Waals surface area (Å²) in [5.41, 5.74) is 3.88. The molecule has 6 rings (SSSR count). The van der Waals surface area contributed by atoms with Gasteiger partial charge in [0.2, 0.25) is 0 Å². The summed E-state index contributed by atoms with van der Waals surface area (Å²) >= 11 is 0. The molecule has 3 heterocycles. The Labute approximate surface area is 242 Å². The number of alkyl carbamates (subject to hydrolysis) is 1. The van der Waals surface area contributed by atoms with Gasteiger partial charge in [-0.15, -0.1) is 0 Å². The summed E-state index contributed by atoms with van der Waals surface area (Å²) in [5, 5.41) is 5.94. The summed E-state index contributed by atoms with van der Waals surface area (Å²) in [6, 6.07) is 17.7. The third-order valence-electron chi connectivity index (χ3n) is 7.72. The first kappa shape index (κ1) is 27.7. The van der Waals surface area contributed by atoms with Gasteiger partial charge in [0.25, 0.3) is 5.91 Å². The number of benzene rings is 3. The lowest BCUT2D eigenvalue weighted by molar-refractivity contribution is -0.0507. The van der Waals surface area contributed by atoms with Crippen molar-refractivity contribution in [3.63, 3.8) is 0 Å². The van der Waals surface area contributed by atoms with Gasteiger partial charge in [0.1, 0.15) is 17.2 Å². The molecule has 2 bridgehead atoms. The number of carbonyl (C=O) groups excluding carboxylic acids is 2. The predicted molar refractivity (Wildman–Crippen MR) is 154 cm³/mol. The number of ether oxygens (including phenoxy) is 2. The van der Waals surface area contributed by atoms with Crippen molar-refractivity contribution in [2.24, 2.45) is 0 Å². The molecule has 42 heavy (non-hydrogen) atoms. The Kier molecular flexibility index (Phi) is 6.47. The molecule has 0 unspecified atom stereocenters. The van der Waals surface area contributed by atoms with E-state index in [1.807, 2.05) is 81.7 Å². The number of amides is 2. The highest BCUT2D eigenvalue weighted by molar-refractivity contribution is 5.98. The number of fused-ring (bicyclic) bond motifs is 9. The molecule has 2 atom stereocenters. The summed E-state index contributed by atoms with van der Waals surface area (Å²) in [6.07, 6.45) is -0.00303. The zero-order chi connectivity index (χ0) is 30.0. The van der Waals surface area contributed by atoms with Crippen LogP contribution in [0.15, 0.2) is 60.7 Å². The Hall–Kier alpha value is -4.47. The van der Waals surface area contributed by atoms with Gasteiger partial charge < -0.3 is 24.7 Å². The Bertz CT molecular complexity index is 1710. The van der Waals surface area contributed by atoms with Crippen LogP contribution < -0.4 is 15.4 Å². The molecule has 0 spiro atoms. The van der Waals surface area contributed by atoms with E-state index in [-0.39, 0.29) is 17.7 Å². The zero-order valence-electron chi connectivity index (χ0n) is 24.0. The van der Waals surface area contributed by atoms with Gasteiger partial charge in [-0.25, -0.2) is 9.78 Å². The molecule has 8 nitrogen and oxygen atoms in total. The molecule has 4 aromatic rings. The Morgan fingerprint density at radius 1 is 1.05 bits per heavy atom. The van der Waals surface area contributed by atoms with E-state index in [0.29, 0.717) is 23.4 Å². The third-order valence-corrected chi connectivity index (χ3v) is 7.72. The van der Waals surface area contributed by atoms with Gasteiger partial charge in [0.15, 0.2) is 0 Å². The molecule has 2 N–H and O–H groups in total. The summed E-state index contributed by atoms with van der Waals surface area (Å²) in [6.45, 7) is 6.27. The fraction of sp³-hybridized carbons (Fsp3) is 0.344. The molecule has 2 aliphatic rings. The number of nitrogens with zero attached hydrogens (tertiary/aromatic N) is 2. The van der Waals surface area contributed by atoms with Gasteiger partial charge in [-0.05, 0) is 82.0 Å². The maximum atomic E-state index is 13.3. The van der Waals surface area contributed by atoms with Crippen LogP contribution in [0, 0.1) is 0 Å². The first-order valence-corrected chi connectivity index (χ1v) is 13.8. The second-order valence-electron chi connectivity index (χ2n) is 12.2. The number of halogens is 2. The van der Waals surface area contributed by atoms with E-state index >= 15 is 0 Å². The number of hydrogen-bond acceptors (Lipinski definition) is 5. The lowest BCUT2D eigenvalue weighted by Gasteiger charge is -2.29. The van der Waals surface area contributed by atoms with Crippen molar-refractivity contribution in [2.45, 2.75) is 70.9 Å². The van der Waals surface area contributed by atoms with Crippen LogP contribution in [0.25, 0.3) is 22.2 Å². The van der Waals surface area contributed by atoms with Gasteiger partial charge >= 0.3 is 12.7 Å². The number of aromatic nitrogens is 2. The minimum Gasteiger partial charge on any atom is -0.444 e. The third kappa shape index (κ3) is 4.95. The number of nitrogens with one attached hydrogen (secondary N) is 2. The smallest absolute Gasteiger partial charge is 0.408 e. The van der Waals surface area contributed by atoms with Gasteiger partial charge in [0.05, 0.1) is 28.7 Å². The number of alkyl halides is 2. The highest BCUT2D eigenvalue weighted by atomic mass is 19.3. The van der Waals surface area contributed by atoms with Crippen LogP contribution in [0.1, 0.15) is 80.4 Å². The maximum absolute atomic E-state index is 13.3. The van der Waals surface area contributed by atoms with Gasteiger partial charge in [0, 0.05) is 11.1 Å². The fourth-order valence-electron chi connectivity index (χ4n) is 5.90. The first-order chi connectivity index (χ1) is 19.8. The second kappa shape index (κ2) is 9.82. The molecular weight excluding hydrogens is 542 g/mol. The Balaban J connectivity index is 1.35. The SMILES string of the molecule is CC(C)(C)OC(=O)NC(C)(C)c1ccc(-c2ccc3nc4n(c3c2)[C@@H]2C[C@H]4NC(=O)c3cccc(OC(F)F)c32)cc1. The molecule has 0 fully saturated rings. The second-order valence-corrected chi connectivity index (χ2v) is 12.2. The Morgan fingerprint density at radius 3 is 2.45 bits per heavy atom. The minimum atomic E-state index is -3.02.